The molecule has 0 saturated carbocycles. The summed E-state index contributed by atoms with van der Waals surface area (Å²) in [6.45, 7) is 7.28. The molecule has 2 heteroatoms. The van der Waals surface area contributed by atoms with Gasteiger partial charge in [-0.05, 0) is 12.1 Å². The lowest BCUT2D eigenvalue weighted by Gasteiger charge is -2.04. The molecule has 0 aliphatic rings. The highest BCUT2D eigenvalue weighted by Crippen LogP contribution is 2.00. The third-order valence-corrected chi connectivity index (χ3v) is 3.10. The second kappa shape index (κ2) is 5.79. The van der Waals surface area contributed by atoms with Gasteiger partial charge >= 0.3 is 0 Å². The van der Waals surface area contributed by atoms with Crippen molar-refractivity contribution in [2.45, 2.75) is 12.1 Å². The van der Waals surface area contributed by atoms with E-state index >= 15 is 0 Å². The zero-order valence-electron chi connectivity index (χ0n) is 5.89. The van der Waals surface area contributed by atoms with Crippen LogP contribution in [0, 0.1) is 0 Å². The van der Waals surface area contributed by atoms with Crippen molar-refractivity contribution in [1.29, 1.82) is 0 Å². The Labute approximate surface area is 58.8 Å². The van der Waals surface area contributed by atoms with Crippen LogP contribution in [-0.2, 0) is 4.43 Å². The van der Waals surface area contributed by atoms with Gasteiger partial charge in [-0.15, -0.1) is 13.2 Å². The first-order valence-electron chi connectivity index (χ1n) is 2.95. The van der Waals surface area contributed by atoms with Gasteiger partial charge in [0, 0.05) is 7.11 Å². The van der Waals surface area contributed by atoms with Crippen LogP contribution in [0.1, 0.15) is 0 Å². The van der Waals surface area contributed by atoms with E-state index in [2.05, 4.69) is 13.2 Å². The smallest absolute Gasteiger partial charge is 0.218 e. The molecule has 0 unspecified atom stereocenters. The predicted octanol–water partition coefficient (Wildman–Crippen LogP) is 2.00. The van der Waals surface area contributed by atoms with E-state index in [1.54, 1.807) is 7.11 Å². The second-order valence-electron chi connectivity index (χ2n) is 1.73. The summed E-state index contributed by atoms with van der Waals surface area (Å²) < 4.78 is 5.19. The molecule has 0 aliphatic carbocycles. The molecular weight excluding hydrogens is 128 g/mol. The van der Waals surface area contributed by atoms with Gasteiger partial charge in [0.2, 0.25) is 9.04 Å². The van der Waals surface area contributed by atoms with Crippen LogP contribution in [0.3, 0.4) is 0 Å². The van der Waals surface area contributed by atoms with Crippen molar-refractivity contribution in [3.05, 3.63) is 25.3 Å². The van der Waals surface area contributed by atoms with Crippen LogP contribution < -0.4 is 0 Å². The molecule has 1 nitrogen and oxygen atoms in total. The summed E-state index contributed by atoms with van der Waals surface area (Å²) in [6, 6.07) is 2.01. The Morgan fingerprint density at radius 1 is 1.33 bits per heavy atom. The average molecular weight is 141 g/mol. The van der Waals surface area contributed by atoms with Crippen molar-refractivity contribution < 1.29 is 4.43 Å². The summed E-state index contributed by atoms with van der Waals surface area (Å²) in [6.07, 6.45) is 3.81. The maximum atomic E-state index is 5.19. The molecular formula is C7H13OSi. The van der Waals surface area contributed by atoms with Gasteiger partial charge in [0.15, 0.2) is 0 Å². The Hall–Kier alpha value is -0.343. The Bertz CT molecular complexity index is 80.9. The first-order chi connectivity index (χ1) is 4.35. The highest BCUT2D eigenvalue weighted by Gasteiger charge is 2.04. The molecule has 0 atom stereocenters. The van der Waals surface area contributed by atoms with Crippen LogP contribution in [-0.4, -0.2) is 16.2 Å². The Balaban J connectivity index is 3.39. The van der Waals surface area contributed by atoms with Crippen molar-refractivity contribution in [2.24, 2.45) is 0 Å². The van der Waals surface area contributed by atoms with E-state index in [-0.39, 0.29) is 0 Å². The summed E-state index contributed by atoms with van der Waals surface area (Å²) in [4.78, 5) is 0. The quantitative estimate of drug-likeness (QED) is 0.420. The third kappa shape index (κ3) is 4.18. The van der Waals surface area contributed by atoms with E-state index in [0.717, 1.165) is 12.1 Å². The predicted molar refractivity (Wildman–Crippen MR) is 42.8 cm³/mol. The molecule has 0 fully saturated rings. The molecule has 0 bridgehead atoms. The van der Waals surface area contributed by atoms with Crippen LogP contribution >= 0.6 is 0 Å². The first kappa shape index (κ1) is 8.66. The van der Waals surface area contributed by atoms with Gasteiger partial charge in [0.05, 0.1) is 0 Å². The number of hydrogen-bond acceptors (Lipinski definition) is 1. The molecule has 9 heavy (non-hydrogen) atoms. The molecule has 0 aromatic heterocycles. The van der Waals surface area contributed by atoms with E-state index < -0.39 is 9.04 Å². The van der Waals surface area contributed by atoms with Crippen LogP contribution in [0.2, 0.25) is 12.1 Å². The minimum absolute atomic E-state index is 0.622. The van der Waals surface area contributed by atoms with E-state index in [4.69, 9.17) is 4.43 Å². The fourth-order valence-electron chi connectivity index (χ4n) is 0.572. The Kier molecular flexibility index (Phi) is 5.57. The number of rotatable bonds is 5. The minimum atomic E-state index is -0.622. The molecule has 0 aromatic rings. The van der Waals surface area contributed by atoms with Crippen LogP contribution in [0.5, 0.6) is 0 Å². The van der Waals surface area contributed by atoms with Crippen LogP contribution in [0.15, 0.2) is 25.3 Å². The van der Waals surface area contributed by atoms with Crippen LogP contribution in [0.4, 0.5) is 0 Å². The van der Waals surface area contributed by atoms with Gasteiger partial charge < -0.3 is 4.43 Å². The van der Waals surface area contributed by atoms with Crippen LogP contribution in [0.25, 0.3) is 0 Å². The highest BCUT2D eigenvalue weighted by molar-refractivity contribution is 6.52. The first-order valence-corrected chi connectivity index (χ1v) is 4.77. The normalized spacial score (nSPS) is 9.56. The lowest BCUT2D eigenvalue weighted by Crippen LogP contribution is -2.12. The largest absolute Gasteiger partial charge is 0.419 e. The van der Waals surface area contributed by atoms with E-state index in [0.29, 0.717) is 0 Å². The molecule has 0 saturated heterocycles. The van der Waals surface area contributed by atoms with E-state index in [1.165, 1.54) is 0 Å². The van der Waals surface area contributed by atoms with Crippen molar-refractivity contribution in [3.63, 3.8) is 0 Å². The summed E-state index contributed by atoms with van der Waals surface area (Å²) in [7, 11) is 1.13. The highest BCUT2D eigenvalue weighted by atomic mass is 28.3. The zero-order chi connectivity index (χ0) is 7.11. The second-order valence-corrected chi connectivity index (χ2v) is 4.03. The fourth-order valence-corrected chi connectivity index (χ4v) is 1.72. The molecule has 0 N–H and O–H groups in total. The third-order valence-electron chi connectivity index (χ3n) is 1.03. The van der Waals surface area contributed by atoms with Gasteiger partial charge in [0.25, 0.3) is 0 Å². The average Bonchev–Trinajstić information content (AvgIpc) is 1.88. The standard InChI is InChI=1S/C7H13OSi/c1-4-6-9(8-3)7-5-2/h4-5H,1-2,6-7H2,3H3. The van der Waals surface area contributed by atoms with Crippen molar-refractivity contribution in [1.82, 2.24) is 0 Å². The number of allylic oxidation sites excluding steroid dienone is 2. The fraction of sp³-hybridized carbons (Fsp3) is 0.429. The summed E-state index contributed by atoms with van der Waals surface area (Å²) in [5.74, 6) is 0. The summed E-state index contributed by atoms with van der Waals surface area (Å²) >= 11 is 0. The summed E-state index contributed by atoms with van der Waals surface area (Å²) in [5, 5.41) is 0. The van der Waals surface area contributed by atoms with Crippen molar-refractivity contribution in [3.8, 4) is 0 Å². The van der Waals surface area contributed by atoms with E-state index in [1.807, 2.05) is 12.2 Å². The van der Waals surface area contributed by atoms with Crippen molar-refractivity contribution in [2.75, 3.05) is 7.11 Å². The van der Waals surface area contributed by atoms with Gasteiger partial charge in [-0.2, -0.15) is 0 Å². The zero-order valence-corrected chi connectivity index (χ0v) is 6.89. The minimum Gasteiger partial charge on any atom is -0.419 e. The number of hydrogen-bond donors (Lipinski definition) is 0. The monoisotopic (exact) mass is 141 g/mol. The lowest BCUT2D eigenvalue weighted by atomic mass is 10.7. The van der Waals surface area contributed by atoms with Gasteiger partial charge in [0.1, 0.15) is 0 Å². The molecule has 0 rings (SSSR count). The van der Waals surface area contributed by atoms with Gasteiger partial charge in [-0.1, -0.05) is 12.2 Å². The Morgan fingerprint density at radius 3 is 2.00 bits per heavy atom. The SMILES string of the molecule is C=CC[Si](CC=C)OC. The molecule has 0 heterocycles. The molecule has 0 amide bonds. The van der Waals surface area contributed by atoms with Gasteiger partial charge in [-0.25, -0.2) is 0 Å². The maximum absolute atomic E-state index is 5.19. The lowest BCUT2D eigenvalue weighted by molar-refractivity contribution is 0.423. The van der Waals surface area contributed by atoms with E-state index in [9.17, 15) is 0 Å². The maximum Gasteiger partial charge on any atom is 0.218 e. The Morgan fingerprint density at radius 2 is 1.78 bits per heavy atom. The topological polar surface area (TPSA) is 9.23 Å². The molecule has 0 aliphatic heterocycles. The molecule has 0 aromatic carbocycles. The van der Waals surface area contributed by atoms with Crippen molar-refractivity contribution >= 4 is 9.04 Å². The molecule has 51 valence electrons. The summed E-state index contributed by atoms with van der Waals surface area (Å²) in [5.41, 5.74) is 0. The molecule has 1 radical (unpaired) electrons. The van der Waals surface area contributed by atoms with Gasteiger partial charge in [-0.3, -0.25) is 0 Å². The molecule has 0 spiro atoms.